The van der Waals surface area contributed by atoms with E-state index in [1.54, 1.807) is 0 Å². The van der Waals surface area contributed by atoms with Crippen LogP contribution in [0.25, 0.3) is 0 Å². The molecule has 0 radical (unpaired) electrons. The van der Waals surface area contributed by atoms with Crippen LogP contribution in [-0.4, -0.2) is 34.9 Å². The van der Waals surface area contributed by atoms with Gasteiger partial charge in [0.25, 0.3) is 0 Å². The minimum atomic E-state index is 0.0389. The van der Waals surface area contributed by atoms with E-state index in [0.29, 0.717) is 0 Å². The highest BCUT2D eigenvalue weighted by molar-refractivity contribution is 5.82. The third-order valence-corrected chi connectivity index (χ3v) is 3.88. The molecule has 1 amide bonds. The van der Waals surface area contributed by atoms with Gasteiger partial charge < -0.3 is 10.2 Å². The zero-order chi connectivity index (χ0) is 12.4. The van der Waals surface area contributed by atoms with Crippen LogP contribution in [0.5, 0.6) is 0 Å². The van der Waals surface area contributed by atoms with Crippen molar-refractivity contribution in [3.05, 3.63) is 29.6 Å². The summed E-state index contributed by atoms with van der Waals surface area (Å²) in [5, 5.41) is 3.33. The molecule has 4 nitrogen and oxygen atoms in total. The molecular weight excluding hydrogens is 226 g/mol. The molecule has 1 N–H and O–H groups in total. The van der Waals surface area contributed by atoms with E-state index < -0.39 is 0 Å². The maximum atomic E-state index is 12.4. The molecular formula is C14H19N3O. The lowest BCUT2D eigenvalue weighted by Crippen LogP contribution is -2.49. The lowest BCUT2D eigenvalue weighted by atomic mass is 10.0. The number of piperidine rings is 1. The van der Waals surface area contributed by atoms with Gasteiger partial charge in [-0.2, -0.15) is 0 Å². The van der Waals surface area contributed by atoms with E-state index in [0.717, 1.165) is 44.6 Å². The highest BCUT2D eigenvalue weighted by Crippen LogP contribution is 2.18. The number of rotatable bonds is 1. The molecule has 0 aromatic carbocycles. The van der Waals surface area contributed by atoms with Gasteiger partial charge in [0.05, 0.1) is 6.04 Å². The van der Waals surface area contributed by atoms with Crippen molar-refractivity contribution in [1.29, 1.82) is 0 Å². The molecule has 1 aromatic heterocycles. The molecule has 2 aliphatic rings. The highest BCUT2D eigenvalue weighted by Gasteiger charge is 2.28. The monoisotopic (exact) mass is 245 g/mol. The summed E-state index contributed by atoms with van der Waals surface area (Å²) in [5.41, 5.74) is 2.35. The van der Waals surface area contributed by atoms with Crippen LogP contribution < -0.4 is 5.32 Å². The molecule has 3 rings (SSSR count). The second-order valence-corrected chi connectivity index (χ2v) is 5.12. The zero-order valence-electron chi connectivity index (χ0n) is 10.6. The highest BCUT2D eigenvalue weighted by atomic mass is 16.2. The molecule has 1 fully saturated rings. The van der Waals surface area contributed by atoms with E-state index in [2.05, 4.69) is 16.4 Å². The standard InChI is InChI=1S/C14H19N3O/c18-14(13-5-1-2-7-16-13)17-9-6-12-11(10-17)4-3-8-15-12/h3-4,8,13,16H,1-2,5-7,9-10H2/t13-/m1/s1. The fourth-order valence-electron chi connectivity index (χ4n) is 2.84. The Morgan fingerprint density at radius 2 is 2.39 bits per heavy atom. The molecule has 1 atom stereocenters. The van der Waals surface area contributed by atoms with Crippen molar-refractivity contribution < 1.29 is 4.79 Å². The average Bonchev–Trinajstić information content (AvgIpc) is 2.47. The fourth-order valence-corrected chi connectivity index (χ4v) is 2.84. The number of hydrogen-bond donors (Lipinski definition) is 1. The van der Waals surface area contributed by atoms with E-state index in [9.17, 15) is 4.79 Å². The van der Waals surface area contributed by atoms with E-state index in [-0.39, 0.29) is 11.9 Å². The smallest absolute Gasteiger partial charge is 0.240 e. The van der Waals surface area contributed by atoms with E-state index in [1.807, 2.05) is 17.2 Å². The number of nitrogens with zero attached hydrogens (tertiary/aromatic N) is 2. The minimum absolute atomic E-state index is 0.0389. The fraction of sp³-hybridized carbons (Fsp3) is 0.571. The largest absolute Gasteiger partial charge is 0.337 e. The average molecular weight is 245 g/mol. The second-order valence-electron chi connectivity index (χ2n) is 5.12. The molecule has 18 heavy (non-hydrogen) atoms. The Labute approximate surface area is 107 Å². The van der Waals surface area contributed by atoms with Gasteiger partial charge in [0.15, 0.2) is 0 Å². The number of aromatic nitrogens is 1. The third-order valence-electron chi connectivity index (χ3n) is 3.88. The first-order valence-corrected chi connectivity index (χ1v) is 6.79. The molecule has 1 saturated heterocycles. The van der Waals surface area contributed by atoms with Crippen LogP contribution in [0.3, 0.4) is 0 Å². The molecule has 0 spiro atoms. The van der Waals surface area contributed by atoms with E-state index in [1.165, 1.54) is 12.0 Å². The van der Waals surface area contributed by atoms with Gasteiger partial charge in [-0.05, 0) is 31.0 Å². The summed E-state index contributed by atoms with van der Waals surface area (Å²) in [6.07, 6.45) is 6.05. The van der Waals surface area contributed by atoms with Gasteiger partial charge >= 0.3 is 0 Å². The quantitative estimate of drug-likeness (QED) is 0.806. The molecule has 0 aliphatic carbocycles. The molecule has 2 aliphatic heterocycles. The summed E-state index contributed by atoms with van der Waals surface area (Å²) in [5.74, 6) is 0.268. The third kappa shape index (κ3) is 2.25. The van der Waals surface area contributed by atoms with Crippen molar-refractivity contribution in [3.63, 3.8) is 0 Å². The molecule has 96 valence electrons. The van der Waals surface area contributed by atoms with Gasteiger partial charge in [-0.25, -0.2) is 0 Å². The van der Waals surface area contributed by atoms with Gasteiger partial charge in [-0.3, -0.25) is 9.78 Å². The van der Waals surface area contributed by atoms with Crippen LogP contribution in [0.1, 0.15) is 30.5 Å². The lowest BCUT2D eigenvalue weighted by Gasteiger charge is -2.33. The van der Waals surface area contributed by atoms with Gasteiger partial charge in [0.1, 0.15) is 0 Å². The van der Waals surface area contributed by atoms with Crippen molar-refractivity contribution in [1.82, 2.24) is 15.2 Å². The topological polar surface area (TPSA) is 45.2 Å². The first kappa shape index (κ1) is 11.7. The van der Waals surface area contributed by atoms with Gasteiger partial charge in [-0.1, -0.05) is 12.5 Å². The Hall–Kier alpha value is -1.42. The maximum Gasteiger partial charge on any atom is 0.240 e. The summed E-state index contributed by atoms with van der Waals surface area (Å²) < 4.78 is 0. The SMILES string of the molecule is O=C([C@H]1CCCCN1)N1CCc2ncccc2C1. The Balaban J connectivity index is 1.69. The predicted octanol–water partition coefficient (Wildman–Crippen LogP) is 1.11. The van der Waals surface area contributed by atoms with Crippen LogP contribution in [-0.2, 0) is 17.8 Å². The van der Waals surface area contributed by atoms with E-state index >= 15 is 0 Å². The van der Waals surface area contributed by atoms with Crippen molar-refractivity contribution in [2.45, 2.75) is 38.3 Å². The Bertz CT molecular complexity index is 440. The molecule has 1 aromatic rings. The molecule has 0 bridgehead atoms. The number of fused-ring (bicyclic) bond motifs is 1. The molecule has 0 saturated carbocycles. The number of carbonyl (C=O) groups is 1. The zero-order valence-corrected chi connectivity index (χ0v) is 10.6. The predicted molar refractivity (Wildman–Crippen MR) is 69.0 cm³/mol. The summed E-state index contributed by atoms with van der Waals surface area (Å²) in [6.45, 7) is 2.50. The van der Waals surface area contributed by atoms with Crippen LogP contribution >= 0.6 is 0 Å². The van der Waals surface area contributed by atoms with Gasteiger partial charge in [-0.15, -0.1) is 0 Å². The number of hydrogen-bond acceptors (Lipinski definition) is 3. The van der Waals surface area contributed by atoms with Crippen molar-refractivity contribution in [3.8, 4) is 0 Å². The number of nitrogens with one attached hydrogen (secondary N) is 1. The van der Waals surface area contributed by atoms with Crippen LogP contribution in [0.4, 0.5) is 0 Å². The van der Waals surface area contributed by atoms with E-state index in [4.69, 9.17) is 0 Å². The van der Waals surface area contributed by atoms with Gasteiger partial charge in [0, 0.05) is 31.4 Å². The normalized spacial score (nSPS) is 23.6. The molecule has 4 heteroatoms. The number of pyridine rings is 1. The van der Waals surface area contributed by atoms with Crippen molar-refractivity contribution >= 4 is 5.91 Å². The maximum absolute atomic E-state index is 12.4. The summed E-state index contributed by atoms with van der Waals surface area (Å²) >= 11 is 0. The Kier molecular flexibility index (Phi) is 3.28. The number of carbonyl (C=O) groups excluding carboxylic acids is 1. The molecule has 0 unspecified atom stereocenters. The first-order chi connectivity index (χ1) is 8.84. The van der Waals surface area contributed by atoms with Crippen LogP contribution in [0.15, 0.2) is 18.3 Å². The summed E-state index contributed by atoms with van der Waals surface area (Å²) in [7, 11) is 0. The first-order valence-electron chi connectivity index (χ1n) is 6.79. The Morgan fingerprint density at radius 1 is 1.44 bits per heavy atom. The molecule has 3 heterocycles. The van der Waals surface area contributed by atoms with Crippen LogP contribution in [0.2, 0.25) is 0 Å². The van der Waals surface area contributed by atoms with Gasteiger partial charge in [0.2, 0.25) is 5.91 Å². The van der Waals surface area contributed by atoms with Crippen molar-refractivity contribution in [2.24, 2.45) is 0 Å². The van der Waals surface area contributed by atoms with Crippen molar-refractivity contribution in [2.75, 3.05) is 13.1 Å². The summed E-state index contributed by atoms with van der Waals surface area (Å²) in [4.78, 5) is 18.8. The van der Waals surface area contributed by atoms with Crippen LogP contribution in [0, 0.1) is 0 Å². The second kappa shape index (κ2) is 5.06. The Morgan fingerprint density at radius 3 is 3.22 bits per heavy atom. The summed E-state index contributed by atoms with van der Waals surface area (Å²) in [6, 6.07) is 4.07. The minimum Gasteiger partial charge on any atom is -0.337 e. The lowest BCUT2D eigenvalue weighted by molar-refractivity contribution is -0.135. The number of amides is 1.